The fourth-order valence-corrected chi connectivity index (χ4v) is 1.89. The number of aliphatic hydroxyl groups is 1. The summed E-state index contributed by atoms with van der Waals surface area (Å²) in [5, 5.41) is 13.7. The smallest absolute Gasteiger partial charge is 0.128 e. The Morgan fingerprint density at radius 3 is 2.84 bits per heavy atom. The van der Waals surface area contributed by atoms with E-state index in [1.807, 2.05) is 13.1 Å². The molecule has 0 bridgehead atoms. The van der Waals surface area contributed by atoms with Crippen molar-refractivity contribution in [2.24, 2.45) is 7.05 Å². The monoisotopic (exact) mass is 264 g/mol. The highest BCUT2D eigenvalue weighted by Gasteiger charge is 2.10. The Hall–Kier alpha value is -1.88. The number of rotatable bonds is 5. The second kappa shape index (κ2) is 5.84. The van der Waals surface area contributed by atoms with Gasteiger partial charge < -0.3 is 9.84 Å². The first kappa shape index (κ1) is 13.5. The van der Waals surface area contributed by atoms with Crippen molar-refractivity contribution in [3.8, 4) is 5.75 Å². The maximum absolute atomic E-state index is 13.2. The number of aryl methyl sites for hydroxylation is 1. The zero-order chi connectivity index (χ0) is 13.8. The van der Waals surface area contributed by atoms with Gasteiger partial charge in [-0.25, -0.2) is 4.39 Å². The molecule has 1 heterocycles. The molecule has 0 aliphatic heterocycles. The third-order valence-corrected chi connectivity index (χ3v) is 2.96. The molecule has 0 unspecified atom stereocenters. The average molecular weight is 264 g/mol. The van der Waals surface area contributed by atoms with E-state index < -0.39 is 6.10 Å². The Kier molecular flexibility index (Phi) is 4.16. The molecule has 102 valence electrons. The van der Waals surface area contributed by atoms with Crippen LogP contribution in [0, 0.1) is 5.82 Å². The van der Waals surface area contributed by atoms with Crippen molar-refractivity contribution in [3.63, 3.8) is 0 Å². The van der Waals surface area contributed by atoms with Gasteiger partial charge in [-0.3, -0.25) is 4.68 Å². The lowest BCUT2D eigenvalue weighted by Crippen LogP contribution is -2.08. The average Bonchev–Trinajstić information content (AvgIpc) is 2.75. The molecule has 0 aliphatic carbocycles. The highest BCUT2D eigenvalue weighted by molar-refractivity contribution is 5.35. The number of aromatic nitrogens is 2. The van der Waals surface area contributed by atoms with Crippen LogP contribution in [0.25, 0.3) is 0 Å². The fourth-order valence-electron chi connectivity index (χ4n) is 1.89. The van der Waals surface area contributed by atoms with Gasteiger partial charge in [0.1, 0.15) is 11.6 Å². The summed E-state index contributed by atoms with van der Waals surface area (Å²) in [4.78, 5) is 0. The summed E-state index contributed by atoms with van der Waals surface area (Å²) in [5.41, 5.74) is 1.63. The molecule has 2 aromatic rings. The quantitative estimate of drug-likeness (QED) is 0.901. The Balaban J connectivity index is 2.03. The van der Waals surface area contributed by atoms with E-state index in [0.29, 0.717) is 24.3 Å². The minimum atomic E-state index is -0.688. The minimum absolute atomic E-state index is 0.375. The number of ether oxygens (including phenoxy) is 1. The van der Waals surface area contributed by atoms with Gasteiger partial charge in [-0.1, -0.05) is 0 Å². The van der Waals surface area contributed by atoms with Crippen molar-refractivity contribution < 1.29 is 14.2 Å². The first-order chi connectivity index (χ1) is 9.08. The third kappa shape index (κ3) is 3.32. The number of halogens is 1. The van der Waals surface area contributed by atoms with E-state index in [2.05, 4.69) is 5.10 Å². The van der Waals surface area contributed by atoms with Crippen LogP contribution in [0.3, 0.4) is 0 Å². The van der Waals surface area contributed by atoms with Crippen LogP contribution in [0.15, 0.2) is 30.5 Å². The number of benzene rings is 1. The molecule has 4 nitrogen and oxygen atoms in total. The molecular weight excluding hydrogens is 247 g/mol. The van der Waals surface area contributed by atoms with Gasteiger partial charge in [0.15, 0.2) is 0 Å². The Labute approximate surface area is 111 Å². The Morgan fingerprint density at radius 2 is 2.21 bits per heavy atom. The zero-order valence-corrected chi connectivity index (χ0v) is 11.0. The van der Waals surface area contributed by atoms with Gasteiger partial charge in [0, 0.05) is 37.0 Å². The van der Waals surface area contributed by atoms with Gasteiger partial charge in [-0.05, 0) is 25.1 Å². The molecular formula is C14H17FN2O2. The van der Waals surface area contributed by atoms with E-state index in [0.717, 1.165) is 5.69 Å². The molecule has 1 N–H and O–H groups in total. The molecule has 2 rings (SSSR count). The molecule has 0 radical (unpaired) electrons. The molecule has 19 heavy (non-hydrogen) atoms. The van der Waals surface area contributed by atoms with Crippen LogP contribution in [-0.4, -0.2) is 21.5 Å². The van der Waals surface area contributed by atoms with Crippen molar-refractivity contribution in [1.29, 1.82) is 0 Å². The van der Waals surface area contributed by atoms with E-state index in [4.69, 9.17) is 4.74 Å². The van der Waals surface area contributed by atoms with Crippen LogP contribution in [-0.2, 0) is 13.5 Å². The lowest BCUT2D eigenvalue weighted by atomic mass is 10.1. The van der Waals surface area contributed by atoms with Crippen molar-refractivity contribution in [3.05, 3.63) is 47.5 Å². The number of hydrogen-bond donors (Lipinski definition) is 1. The Morgan fingerprint density at radius 1 is 1.42 bits per heavy atom. The molecule has 0 saturated carbocycles. The van der Waals surface area contributed by atoms with Crippen molar-refractivity contribution in [2.75, 3.05) is 6.61 Å². The van der Waals surface area contributed by atoms with Crippen LogP contribution in [0.5, 0.6) is 5.75 Å². The highest BCUT2D eigenvalue weighted by Crippen LogP contribution is 2.26. The zero-order valence-electron chi connectivity index (χ0n) is 11.0. The SMILES string of the molecule is C[C@H](O)c1ccc(F)cc1OCCc1ccnn1C. The fraction of sp³-hybridized carbons (Fsp3) is 0.357. The van der Waals surface area contributed by atoms with Crippen LogP contribution < -0.4 is 4.74 Å². The largest absolute Gasteiger partial charge is 0.493 e. The van der Waals surface area contributed by atoms with Gasteiger partial charge in [-0.15, -0.1) is 0 Å². The molecule has 0 aliphatic rings. The number of hydrogen-bond acceptors (Lipinski definition) is 3. The summed E-state index contributed by atoms with van der Waals surface area (Å²) < 4.78 is 20.5. The van der Waals surface area contributed by atoms with Crippen molar-refractivity contribution in [1.82, 2.24) is 9.78 Å². The standard InChI is InChI=1S/C14H17FN2O2/c1-10(18)13-4-3-11(15)9-14(13)19-8-6-12-5-7-16-17(12)2/h3-5,7,9-10,18H,6,8H2,1-2H3/t10-/m0/s1. The van der Waals surface area contributed by atoms with Crippen molar-refractivity contribution >= 4 is 0 Å². The van der Waals surface area contributed by atoms with E-state index in [1.165, 1.54) is 12.1 Å². The molecule has 0 amide bonds. The number of nitrogens with zero attached hydrogens (tertiary/aromatic N) is 2. The van der Waals surface area contributed by atoms with Crippen LogP contribution in [0.1, 0.15) is 24.3 Å². The maximum atomic E-state index is 13.2. The second-order valence-corrected chi connectivity index (χ2v) is 4.40. The van der Waals surface area contributed by atoms with E-state index >= 15 is 0 Å². The first-order valence-electron chi connectivity index (χ1n) is 6.15. The first-order valence-corrected chi connectivity index (χ1v) is 6.15. The summed E-state index contributed by atoms with van der Waals surface area (Å²) in [6.07, 6.45) is 1.71. The van der Waals surface area contributed by atoms with E-state index in [-0.39, 0.29) is 5.82 Å². The summed E-state index contributed by atoms with van der Waals surface area (Å²) in [5.74, 6) is 0.0112. The summed E-state index contributed by atoms with van der Waals surface area (Å²) in [6.45, 7) is 2.03. The lowest BCUT2D eigenvalue weighted by molar-refractivity contribution is 0.191. The molecule has 5 heteroatoms. The van der Waals surface area contributed by atoms with E-state index in [1.54, 1.807) is 23.9 Å². The van der Waals surface area contributed by atoms with E-state index in [9.17, 15) is 9.50 Å². The van der Waals surface area contributed by atoms with Gasteiger partial charge in [-0.2, -0.15) is 5.10 Å². The van der Waals surface area contributed by atoms with Gasteiger partial charge in [0.2, 0.25) is 0 Å². The maximum Gasteiger partial charge on any atom is 0.128 e. The van der Waals surface area contributed by atoms with Crippen LogP contribution >= 0.6 is 0 Å². The minimum Gasteiger partial charge on any atom is -0.493 e. The normalized spacial score (nSPS) is 12.4. The topological polar surface area (TPSA) is 47.3 Å². The Bertz CT molecular complexity index is 552. The van der Waals surface area contributed by atoms with Crippen LogP contribution in [0.4, 0.5) is 4.39 Å². The third-order valence-electron chi connectivity index (χ3n) is 2.96. The number of aliphatic hydroxyl groups excluding tert-OH is 1. The molecule has 0 saturated heterocycles. The van der Waals surface area contributed by atoms with Crippen molar-refractivity contribution in [2.45, 2.75) is 19.4 Å². The molecule has 1 aromatic heterocycles. The predicted octanol–water partition coefficient (Wildman–Crippen LogP) is 2.23. The highest BCUT2D eigenvalue weighted by atomic mass is 19.1. The molecule has 0 fully saturated rings. The second-order valence-electron chi connectivity index (χ2n) is 4.40. The molecule has 1 atom stereocenters. The predicted molar refractivity (Wildman–Crippen MR) is 69.4 cm³/mol. The van der Waals surface area contributed by atoms with Crippen LogP contribution in [0.2, 0.25) is 0 Å². The van der Waals surface area contributed by atoms with Gasteiger partial charge in [0.25, 0.3) is 0 Å². The molecule has 1 aromatic carbocycles. The van der Waals surface area contributed by atoms with Gasteiger partial charge >= 0.3 is 0 Å². The lowest BCUT2D eigenvalue weighted by Gasteiger charge is -2.13. The summed E-state index contributed by atoms with van der Waals surface area (Å²) in [6, 6.07) is 6.06. The summed E-state index contributed by atoms with van der Waals surface area (Å²) in [7, 11) is 1.86. The summed E-state index contributed by atoms with van der Waals surface area (Å²) >= 11 is 0. The molecule has 0 spiro atoms. The van der Waals surface area contributed by atoms with Gasteiger partial charge in [0.05, 0.1) is 12.7 Å².